The second-order valence-corrected chi connectivity index (χ2v) is 5.16. The summed E-state index contributed by atoms with van der Waals surface area (Å²) in [4.78, 5) is 11.0. The number of likely N-dealkylation sites (tertiary alicyclic amines) is 1. The van der Waals surface area contributed by atoms with Gasteiger partial charge in [0.1, 0.15) is 12.1 Å². The summed E-state index contributed by atoms with van der Waals surface area (Å²) in [7, 11) is 2.22. The number of aromatic nitrogens is 2. The van der Waals surface area contributed by atoms with Crippen LogP contribution in [-0.4, -0.2) is 41.0 Å². The summed E-state index contributed by atoms with van der Waals surface area (Å²) in [6, 6.07) is 2.72. The van der Waals surface area contributed by atoms with Gasteiger partial charge >= 0.3 is 0 Å². The number of likely N-dealkylation sites (N-methyl/N-ethyl adjacent to an activating group) is 1. The van der Waals surface area contributed by atoms with Crippen LogP contribution < -0.4 is 5.32 Å². The van der Waals surface area contributed by atoms with E-state index < -0.39 is 0 Å². The molecule has 1 atom stereocenters. The van der Waals surface area contributed by atoms with Crippen molar-refractivity contribution in [2.75, 3.05) is 25.5 Å². The molecule has 1 aromatic rings. The van der Waals surface area contributed by atoms with Crippen molar-refractivity contribution in [3.63, 3.8) is 0 Å². The number of piperidine rings is 1. The predicted octanol–water partition coefficient (Wildman–Crippen LogP) is 2.33. The molecule has 0 saturated carbocycles. The first-order valence-electron chi connectivity index (χ1n) is 7.04. The van der Waals surface area contributed by atoms with Crippen LogP contribution in [0.1, 0.15) is 38.3 Å². The Morgan fingerprint density at radius 2 is 2.28 bits per heavy atom. The zero-order valence-corrected chi connectivity index (χ0v) is 11.5. The molecule has 1 N–H and O–H groups in total. The van der Waals surface area contributed by atoms with Gasteiger partial charge in [0.25, 0.3) is 0 Å². The molecule has 2 heterocycles. The van der Waals surface area contributed by atoms with Crippen molar-refractivity contribution in [3.05, 3.63) is 18.1 Å². The van der Waals surface area contributed by atoms with Gasteiger partial charge in [-0.15, -0.1) is 0 Å². The molecule has 0 aliphatic carbocycles. The molecular weight excluding hydrogens is 224 g/mol. The maximum Gasteiger partial charge on any atom is 0.129 e. The molecule has 4 heteroatoms. The molecule has 100 valence electrons. The van der Waals surface area contributed by atoms with Gasteiger partial charge < -0.3 is 10.2 Å². The van der Waals surface area contributed by atoms with Crippen LogP contribution in [0.15, 0.2) is 12.4 Å². The van der Waals surface area contributed by atoms with E-state index in [0.29, 0.717) is 6.04 Å². The van der Waals surface area contributed by atoms with Crippen molar-refractivity contribution < 1.29 is 0 Å². The standard InChI is InChI=1S/C14H24N4/c1-3-6-12-9-14(17-11-16-12)15-10-13-7-4-5-8-18(13)2/h9,11,13H,3-8,10H2,1-2H3,(H,15,16,17). The summed E-state index contributed by atoms with van der Waals surface area (Å²) in [5.41, 5.74) is 1.13. The summed E-state index contributed by atoms with van der Waals surface area (Å²) in [5.74, 6) is 0.965. The fraction of sp³-hybridized carbons (Fsp3) is 0.714. The summed E-state index contributed by atoms with van der Waals surface area (Å²) in [5, 5.41) is 3.45. The Labute approximate surface area is 110 Å². The Bertz CT molecular complexity index is 367. The van der Waals surface area contributed by atoms with Crippen molar-refractivity contribution in [1.29, 1.82) is 0 Å². The third-order valence-electron chi connectivity index (χ3n) is 3.67. The molecule has 0 bridgehead atoms. The van der Waals surface area contributed by atoms with E-state index in [-0.39, 0.29) is 0 Å². The van der Waals surface area contributed by atoms with Gasteiger partial charge in [0.15, 0.2) is 0 Å². The number of anilines is 1. The Morgan fingerprint density at radius 1 is 1.39 bits per heavy atom. The lowest BCUT2D eigenvalue weighted by molar-refractivity contribution is 0.194. The van der Waals surface area contributed by atoms with Crippen molar-refractivity contribution in [1.82, 2.24) is 14.9 Å². The molecule has 1 saturated heterocycles. The lowest BCUT2D eigenvalue weighted by Crippen LogP contribution is -2.40. The second kappa shape index (κ2) is 6.69. The SMILES string of the molecule is CCCc1cc(NCC2CCCCN2C)ncn1. The Kier molecular flexibility index (Phi) is 4.93. The minimum atomic E-state index is 0.642. The minimum absolute atomic E-state index is 0.642. The highest BCUT2D eigenvalue weighted by molar-refractivity contribution is 5.35. The van der Waals surface area contributed by atoms with Crippen molar-refractivity contribution in [2.45, 2.75) is 45.1 Å². The van der Waals surface area contributed by atoms with E-state index in [4.69, 9.17) is 0 Å². The monoisotopic (exact) mass is 248 g/mol. The van der Waals surface area contributed by atoms with Crippen LogP contribution in [0.3, 0.4) is 0 Å². The van der Waals surface area contributed by atoms with Gasteiger partial charge in [-0.05, 0) is 32.9 Å². The van der Waals surface area contributed by atoms with Crippen molar-refractivity contribution >= 4 is 5.82 Å². The highest BCUT2D eigenvalue weighted by Crippen LogP contribution is 2.15. The average Bonchev–Trinajstić information content (AvgIpc) is 2.39. The fourth-order valence-electron chi connectivity index (χ4n) is 2.51. The van der Waals surface area contributed by atoms with Crippen LogP contribution in [0.4, 0.5) is 5.82 Å². The first kappa shape index (κ1) is 13.3. The highest BCUT2D eigenvalue weighted by atomic mass is 15.2. The molecule has 0 amide bonds. The maximum atomic E-state index is 4.29. The first-order chi connectivity index (χ1) is 8.79. The van der Waals surface area contributed by atoms with Gasteiger partial charge in [-0.2, -0.15) is 0 Å². The van der Waals surface area contributed by atoms with Crippen LogP contribution in [-0.2, 0) is 6.42 Å². The van der Waals surface area contributed by atoms with Crippen molar-refractivity contribution in [3.8, 4) is 0 Å². The largest absolute Gasteiger partial charge is 0.368 e. The zero-order chi connectivity index (χ0) is 12.8. The van der Waals surface area contributed by atoms with Crippen LogP contribution in [0.5, 0.6) is 0 Å². The van der Waals surface area contributed by atoms with Crippen LogP contribution in [0.2, 0.25) is 0 Å². The average molecular weight is 248 g/mol. The van der Waals surface area contributed by atoms with Gasteiger partial charge in [-0.3, -0.25) is 0 Å². The van der Waals surface area contributed by atoms with Gasteiger partial charge in [0, 0.05) is 24.3 Å². The Hall–Kier alpha value is -1.16. The summed E-state index contributed by atoms with van der Waals surface area (Å²) < 4.78 is 0. The Morgan fingerprint density at radius 3 is 3.06 bits per heavy atom. The van der Waals surface area contributed by atoms with E-state index >= 15 is 0 Å². The molecule has 0 aromatic carbocycles. The summed E-state index contributed by atoms with van der Waals surface area (Å²) in [6.45, 7) is 4.38. The number of hydrogen-bond donors (Lipinski definition) is 1. The summed E-state index contributed by atoms with van der Waals surface area (Å²) in [6.07, 6.45) is 7.79. The number of hydrogen-bond acceptors (Lipinski definition) is 4. The van der Waals surface area contributed by atoms with Crippen molar-refractivity contribution in [2.24, 2.45) is 0 Å². The molecule has 1 aliphatic rings. The normalized spacial score (nSPS) is 20.9. The molecule has 0 spiro atoms. The summed E-state index contributed by atoms with van der Waals surface area (Å²) >= 11 is 0. The molecule has 4 nitrogen and oxygen atoms in total. The molecule has 18 heavy (non-hydrogen) atoms. The van der Waals surface area contributed by atoms with Crippen LogP contribution in [0, 0.1) is 0 Å². The van der Waals surface area contributed by atoms with Gasteiger partial charge in [-0.25, -0.2) is 9.97 Å². The van der Waals surface area contributed by atoms with E-state index in [1.165, 1.54) is 25.8 Å². The number of nitrogens with one attached hydrogen (secondary N) is 1. The Balaban J connectivity index is 1.87. The van der Waals surface area contributed by atoms with E-state index in [0.717, 1.165) is 30.9 Å². The topological polar surface area (TPSA) is 41.0 Å². The third kappa shape index (κ3) is 3.67. The molecule has 1 aliphatic heterocycles. The van der Waals surface area contributed by atoms with E-state index in [1.807, 2.05) is 0 Å². The first-order valence-corrected chi connectivity index (χ1v) is 7.04. The molecule has 1 fully saturated rings. The third-order valence-corrected chi connectivity index (χ3v) is 3.67. The lowest BCUT2D eigenvalue weighted by atomic mass is 10.0. The molecular formula is C14H24N4. The number of aryl methyl sites for hydroxylation is 1. The number of rotatable bonds is 5. The van der Waals surface area contributed by atoms with Gasteiger partial charge in [0.2, 0.25) is 0 Å². The molecule has 1 aromatic heterocycles. The molecule has 2 rings (SSSR count). The quantitative estimate of drug-likeness (QED) is 0.868. The van der Waals surface area contributed by atoms with Gasteiger partial charge in [0.05, 0.1) is 0 Å². The van der Waals surface area contributed by atoms with Crippen LogP contribution in [0.25, 0.3) is 0 Å². The maximum absolute atomic E-state index is 4.29. The zero-order valence-electron chi connectivity index (χ0n) is 11.5. The van der Waals surface area contributed by atoms with Crippen LogP contribution >= 0.6 is 0 Å². The smallest absolute Gasteiger partial charge is 0.129 e. The van der Waals surface area contributed by atoms with E-state index in [1.54, 1.807) is 6.33 Å². The molecule has 1 unspecified atom stereocenters. The minimum Gasteiger partial charge on any atom is -0.368 e. The molecule has 0 radical (unpaired) electrons. The highest BCUT2D eigenvalue weighted by Gasteiger charge is 2.18. The lowest BCUT2D eigenvalue weighted by Gasteiger charge is -2.32. The van der Waals surface area contributed by atoms with E-state index in [2.05, 4.69) is 40.2 Å². The number of nitrogens with zero attached hydrogens (tertiary/aromatic N) is 3. The fourth-order valence-corrected chi connectivity index (χ4v) is 2.51. The second-order valence-electron chi connectivity index (χ2n) is 5.16. The predicted molar refractivity (Wildman–Crippen MR) is 74.8 cm³/mol. The van der Waals surface area contributed by atoms with Gasteiger partial charge in [-0.1, -0.05) is 19.8 Å². The van der Waals surface area contributed by atoms with E-state index in [9.17, 15) is 0 Å².